The number of benzene rings is 3. The van der Waals surface area contributed by atoms with Crippen molar-refractivity contribution in [1.82, 2.24) is 0 Å². The highest BCUT2D eigenvalue weighted by Crippen LogP contribution is 2.35. The van der Waals surface area contributed by atoms with E-state index in [-0.39, 0.29) is 23.4 Å². The highest BCUT2D eigenvalue weighted by molar-refractivity contribution is 9.10. The third kappa shape index (κ3) is 4.09. The number of halogens is 1. The minimum atomic E-state index is -0.412. The molecule has 1 unspecified atom stereocenters. The Hall–Kier alpha value is -3.65. The van der Waals surface area contributed by atoms with Crippen molar-refractivity contribution in [2.45, 2.75) is 19.8 Å². The molecule has 7 nitrogen and oxygen atoms in total. The molecule has 5 rings (SSSR count). The average Bonchev–Trinajstić information content (AvgIpc) is 3.23. The summed E-state index contributed by atoms with van der Waals surface area (Å²) in [7, 11) is 0. The first kappa shape index (κ1) is 21.6. The molecule has 1 N–H and O–H groups in total. The standard InChI is InChI=1S/C15H12N2O3.C9H6BrNO/c1-9-13-8-11(5-6-14(13)16-15(9)18)10-3-2-4-12(7-10)17(19)20;1-5-7-4-6(10)2-3-8(7)11-9(5)12/h2-9H,1H3,(H,16,18);2-4H,1H3. The molecule has 0 saturated heterocycles. The summed E-state index contributed by atoms with van der Waals surface area (Å²) in [5, 5.41) is 15.3. The second-order valence-electron chi connectivity index (χ2n) is 7.52. The van der Waals surface area contributed by atoms with Crippen LogP contribution in [0.15, 0.2) is 70.1 Å². The molecule has 2 amide bonds. The third-order valence-corrected chi connectivity index (χ3v) is 5.96. The Kier molecular flexibility index (Phi) is 5.71. The number of carbonyl (C=O) groups is 2. The average molecular weight is 492 g/mol. The van der Waals surface area contributed by atoms with Gasteiger partial charge in [-0.1, -0.05) is 34.1 Å². The lowest BCUT2D eigenvalue weighted by Gasteiger charge is -2.06. The Morgan fingerprint density at radius 1 is 1.03 bits per heavy atom. The molecule has 0 aromatic heterocycles. The van der Waals surface area contributed by atoms with Gasteiger partial charge < -0.3 is 5.32 Å². The number of nitrogens with one attached hydrogen (secondary N) is 1. The Balaban J connectivity index is 0.000000174. The van der Waals surface area contributed by atoms with Crippen molar-refractivity contribution in [2.75, 3.05) is 5.32 Å². The van der Waals surface area contributed by atoms with E-state index in [1.807, 2.05) is 49.4 Å². The number of rotatable bonds is 2. The molecule has 0 saturated carbocycles. The molecule has 3 aromatic rings. The summed E-state index contributed by atoms with van der Waals surface area (Å²) in [5.41, 5.74) is 4.18. The van der Waals surface area contributed by atoms with Crippen LogP contribution in [0.5, 0.6) is 0 Å². The second kappa shape index (κ2) is 8.47. The van der Waals surface area contributed by atoms with Gasteiger partial charge in [0.2, 0.25) is 5.91 Å². The van der Waals surface area contributed by atoms with Gasteiger partial charge in [0.25, 0.3) is 11.6 Å². The first-order valence-corrected chi connectivity index (χ1v) is 10.6. The van der Waals surface area contributed by atoms with Crippen molar-refractivity contribution in [3.05, 3.63) is 91.4 Å². The molecule has 0 bridgehead atoms. The predicted octanol–water partition coefficient (Wildman–Crippen LogP) is 4.10. The van der Waals surface area contributed by atoms with Gasteiger partial charge in [0.05, 0.1) is 16.2 Å². The minimum Gasteiger partial charge on any atom is -0.325 e. The van der Waals surface area contributed by atoms with Gasteiger partial charge in [-0.15, -0.1) is 0 Å². The fourth-order valence-electron chi connectivity index (χ4n) is 3.61. The minimum absolute atomic E-state index is 0.0174. The van der Waals surface area contributed by atoms with Gasteiger partial charge in [-0.25, -0.2) is 4.99 Å². The van der Waals surface area contributed by atoms with Crippen LogP contribution in [0.1, 0.15) is 25.3 Å². The summed E-state index contributed by atoms with van der Waals surface area (Å²) in [6, 6.07) is 17.7. The Labute approximate surface area is 191 Å². The maximum atomic E-state index is 11.6. The smallest absolute Gasteiger partial charge is 0.273 e. The number of fused-ring (bicyclic) bond motifs is 2. The lowest BCUT2D eigenvalue weighted by molar-refractivity contribution is -0.384. The lowest BCUT2D eigenvalue weighted by atomic mass is 9.97. The first-order chi connectivity index (χ1) is 15.2. The molecule has 2 heterocycles. The SMILES string of the molecule is CC1=c2cc(Br)ccc2=NC1=O.CC1C(=O)Nc2ccc(-c3cccc([N+](=O)[O-])c3)cc21. The van der Waals surface area contributed by atoms with Crippen LogP contribution in [-0.2, 0) is 9.59 Å². The van der Waals surface area contributed by atoms with Gasteiger partial charge in [-0.05, 0) is 60.9 Å². The summed E-state index contributed by atoms with van der Waals surface area (Å²) in [5.74, 6) is -0.331. The van der Waals surface area contributed by atoms with Crippen molar-refractivity contribution >= 4 is 44.7 Å². The van der Waals surface area contributed by atoms with Crippen LogP contribution in [0.25, 0.3) is 16.7 Å². The van der Waals surface area contributed by atoms with Gasteiger partial charge in [0.15, 0.2) is 0 Å². The van der Waals surface area contributed by atoms with E-state index < -0.39 is 4.92 Å². The van der Waals surface area contributed by atoms with E-state index in [0.717, 1.165) is 43.0 Å². The number of nitro benzene ring substituents is 1. The van der Waals surface area contributed by atoms with Crippen molar-refractivity contribution in [2.24, 2.45) is 4.99 Å². The van der Waals surface area contributed by atoms with Crippen LogP contribution in [0, 0.1) is 10.1 Å². The molecule has 2 aliphatic rings. The zero-order chi connectivity index (χ0) is 23.0. The van der Waals surface area contributed by atoms with Crippen molar-refractivity contribution in [3.63, 3.8) is 0 Å². The van der Waals surface area contributed by atoms with E-state index in [0.29, 0.717) is 0 Å². The molecule has 160 valence electrons. The van der Waals surface area contributed by atoms with E-state index >= 15 is 0 Å². The lowest BCUT2D eigenvalue weighted by Crippen LogP contribution is -2.21. The number of nitrogens with zero attached hydrogens (tertiary/aromatic N) is 2. The fourth-order valence-corrected chi connectivity index (χ4v) is 3.97. The van der Waals surface area contributed by atoms with Crippen LogP contribution in [-0.4, -0.2) is 16.7 Å². The third-order valence-electron chi connectivity index (χ3n) is 5.46. The summed E-state index contributed by atoms with van der Waals surface area (Å²) in [4.78, 5) is 37.0. The molecule has 0 aliphatic carbocycles. The Morgan fingerprint density at radius 3 is 2.53 bits per heavy atom. The fraction of sp³-hybridized carbons (Fsp3) is 0.125. The van der Waals surface area contributed by atoms with Gasteiger partial charge in [0.1, 0.15) is 0 Å². The van der Waals surface area contributed by atoms with Crippen LogP contribution in [0.2, 0.25) is 0 Å². The molecule has 3 aromatic carbocycles. The number of amides is 2. The monoisotopic (exact) mass is 491 g/mol. The topological polar surface area (TPSA) is 102 Å². The quantitative estimate of drug-likeness (QED) is 0.430. The molecule has 8 heteroatoms. The van der Waals surface area contributed by atoms with E-state index in [9.17, 15) is 19.7 Å². The molecular weight excluding hydrogens is 474 g/mol. The highest BCUT2D eigenvalue weighted by atomic mass is 79.9. The number of non-ortho nitro benzene ring substituents is 1. The van der Waals surface area contributed by atoms with Crippen molar-refractivity contribution in [3.8, 4) is 11.1 Å². The molecule has 0 radical (unpaired) electrons. The largest absolute Gasteiger partial charge is 0.325 e. The van der Waals surface area contributed by atoms with Crippen LogP contribution in [0.4, 0.5) is 11.4 Å². The number of nitro groups is 1. The predicted molar refractivity (Wildman–Crippen MR) is 125 cm³/mol. The van der Waals surface area contributed by atoms with E-state index in [2.05, 4.69) is 26.2 Å². The molecule has 1 atom stereocenters. The highest BCUT2D eigenvalue weighted by Gasteiger charge is 2.26. The van der Waals surface area contributed by atoms with E-state index in [4.69, 9.17) is 0 Å². The van der Waals surface area contributed by atoms with Crippen molar-refractivity contribution in [1.29, 1.82) is 0 Å². The molecule has 32 heavy (non-hydrogen) atoms. The van der Waals surface area contributed by atoms with E-state index in [1.54, 1.807) is 13.0 Å². The number of anilines is 1. The normalized spacial score (nSPS) is 15.8. The molecule has 2 aliphatic heterocycles. The number of hydrogen-bond donors (Lipinski definition) is 1. The van der Waals surface area contributed by atoms with Gasteiger partial charge >= 0.3 is 0 Å². The maximum absolute atomic E-state index is 11.6. The van der Waals surface area contributed by atoms with Crippen LogP contribution in [0.3, 0.4) is 0 Å². The Bertz CT molecular complexity index is 1410. The second-order valence-corrected chi connectivity index (χ2v) is 8.44. The van der Waals surface area contributed by atoms with Crippen molar-refractivity contribution < 1.29 is 14.5 Å². The molecular formula is C24H18BrN3O4. The summed E-state index contributed by atoms with van der Waals surface area (Å²) in [6.07, 6.45) is 0. The number of carbonyl (C=O) groups excluding carboxylic acids is 2. The van der Waals surface area contributed by atoms with E-state index in [1.165, 1.54) is 12.1 Å². The molecule has 0 fully saturated rings. The zero-order valence-corrected chi connectivity index (χ0v) is 18.8. The summed E-state index contributed by atoms with van der Waals surface area (Å²) in [6.45, 7) is 3.64. The van der Waals surface area contributed by atoms with Gasteiger partial charge in [-0.2, -0.15) is 0 Å². The summed E-state index contributed by atoms with van der Waals surface area (Å²) >= 11 is 3.35. The van der Waals surface area contributed by atoms with Gasteiger partial charge in [-0.3, -0.25) is 19.7 Å². The number of hydrogen-bond acceptors (Lipinski definition) is 4. The molecule has 0 spiro atoms. The van der Waals surface area contributed by atoms with Gasteiger partial charge in [0, 0.05) is 33.1 Å². The summed E-state index contributed by atoms with van der Waals surface area (Å²) < 4.78 is 0.977. The first-order valence-electron chi connectivity index (χ1n) is 9.84. The zero-order valence-electron chi connectivity index (χ0n) is 17.3. The van der Waals surface area contributed by atoms with Crippen LogP contribution >= 0.6 is 15.9 Å². The maximum Gasteiger partial charge on any atom is 0.273 e. The Morgan fingerprint density at radius 2 is 1.78 bits per heavy atom. The van der Waals surface area contributed by atoms with Crippen LogP contribution < -0.4 is 15.9 Å².